The molecule has 1 aliphatic rings. The van der Waals surface area contributed by atoms with Gasteiger partial charge in [0.1, 0.15) is 18.1 Å². The Labute approximate surface area is 797 Å². The molecule has 135 heavy (non-hydrogen) atoms. The zero-order valence-corrected chi connectivity index (χ0v) is 79.3. The Hall–Kier alpha value is -13.4. The fourth-order valence-electron chi connectivity index (χ4n) is 13.6. The lowest BCUT2D eigenvalue weighted by Crippen LogP contribution is -2.25. The van der Waals surface area contributed by atoms with Crippen LogP contribution in [0.2, 0.25) is 20.1 Å². The van der Waals surface area contributed by atoms with E-state index in [2.05, 4.69) is 61.7 Å². The van der Waals surface area contributed by atoms with Crippen molar-refractivity contribution in [3.05, 3.63) is 337 Å². The van der Waals surface area contributed by atoms with E-state index in [0.717, 1.165) is 44.5 Å². The molecule has 1 fully saturated rings. The molecule has 0 radical (unpaired) electrons. The second kappa shape index (κ2) is 45.6. The van der Waals surface area contributed by atoms with Gasteiger partial charge in [-0.1, -0.05) is 94.9 Å². The van der Waals surface area contributed by atoms with E-state index in [-0.39, 0.29) is 80.0 Å². The van der Waals surface area contributed by atoms with E-state index in [0.29, 0.717) is 134 Å². The number of anilines is 7. The number of alkyl halides is 3. The lowest BCUT2D eigenvalue weighted by atomic mass is 10.1. The fourth-order valence-corrected chi connectivity index (χ4v) is 17.7. The Morgan fingerprint density at radius 2 is 0.733 bits per heavy atom. The highest BCUT2D eigenvalue weighted by Crippen LogP contribution is 2.37. The molecular weight excluding hydrogens is 1900 g/mol. The number of likely N-dealkylation sites (tertiary alicyclic amines) is 1. The van der Waals surface area contributed by atoms with Crippen molar-refractivity contribution in [2.75, 3.05) is 88.9 Å². The number of rotatable bonds is 27. The first-order chi connectivity index (χ1) is 63.8. The number of sulfone groups is 4. The van der Waals surface area contributed by atoms with Crippen molar-refractivity contribution in [3.63, 3.8) is 0 Å². The zero-order valence-electron chi connectivity index (χ0n) is 73.0. The van der Waals surface area contributed by atoms with Gasteiger partial charge >= 0.3 is 6.18 Å². The van der Waals surface area contributed by atoms with Gasteiger partial charge in [-0.2, -0.15) is 13.2 Å². The minimum Gasteiger partial charge on any atom is -0.492 e. The summed E-state index contributed by atoms with van der Waals surface area (Å²) in [6.07, 6.45) is 8.70. The molecule has 1 saturated heterocycles. The van der Waals surface area contributed by atoms with Crippen LogP contribution in [-0.4, -0.2) is 150 Å². The number of nitrogens with two attached hydrogens (primary N) is 1. The van der Waals surface area contributed by atoms with Crippen LogP contribution in [0.15, 0.2) is 255 Å². The van der Waals surface area contributed by atoms with Gasteiger partial charge in [0.2, 0.25) is 5.91 Å². The van der Waals surface area contributed by atoms with Crippen LogP contribution in [0.3, 0.4) is 0 Å². The number of carbonyl (C=O) groups is 6. The summed E-state index contributed by atoms with van der Waals surface area (Å²) in [4.78, 5) is 99.0. The van der Waals surface area contributed by atoms with Crippen LogP contribution in [0.5, 0.6) is 5.75 Å². The lowest BCUT2D eigenvalue weighted by Gasteiger charge is -2.17. The van der Waals surface area contributed by atoms with Crippen molar-refractivity contribution in [2.45, 2.75) is 55.9 Å². The van der Waals surface area contributed by atoms with Crippen LogP contribution >= 0.6 is 46.4 Å². The maximum absolute atomic E-state index is 13.1. The quantitative estimate of drug-likeness (QED) is 0.0235. The SMILES string of the molecule is CC(=O)Nc1cc(C(=O)Nc2ccc(Cl)c(-c3ccccn3)c2)ccc1CS(C)(=O)=O.CS(=O)(=O)Cc1ccc(C(=O)Nc2ccc(Cl)c(-c3ccccn3)c2)cc1N.CS(=O)(=O)Cc1ccc(C(=O)Nc2ccc(Cl)c(-c3ccccn3)c2)cc1OCCN1CCCC1.Cc1nc(C(F)(F)F)ccc1C(=O)Nc1cc(C(=O)Nc2ccc(Cl)c(-c3ccccn3)c2)ccc1CS(C)(=O)=O. The predicted octanol–water partition coefficient (Wildman–Crippen LogP) is 18.8. The number of carbonyl (C=O) groups excluding carboxylic acids is 6. The molecule has 28 nitrogen and oxygen atoms in total. The van der Waals surface area contributed by atoms with Crippen LogP contribution in [0.1, 0.15) is 105 Å². The molecular formula is C96H88Cl4F3N13O15S4. The van der Waals surface area contributed by atoms with Gasteiger partial charge in [0, 0.05) is 153 Å². The molecule has 700 valence electrons. The molecule has 6 amide bonds. The molecule has 5 aromatic heterocycles. The second-order valence-electron chi connectivity index (χ2n) is 31.1. The molecule has 39 heteroatoms. The highest BCUT2D eigenvalue weighted by atomic mass is 35.5. The van der Waals surface area contributed by atoms with Gasteiger partial charge in [0.05, 0.1) is 77.1 Å². The Kier molecular flexibility index (Phi) is 34.5. The number of halogens is 7. The number of amides is 6. The molecule has 0 bridgehead atoms. The number of pyridine rings is 5. The molecule has 13 aromatic rings. The third kappa shape index (κ3) is 30.8. The Morgan fingerprint density at radius 3 is 1.07 bits per heavy atom. The number of benzene rings is 8. The van der Waals surface area contributed by atoms with Gasteiger partial charge in [-0.15, -0.1) is 0 Å². The monoisotopic (exact) mass is 1990 g/mol. The molecule has 0 atom stereocenters. The molecule has 6 heterocycles. The number of aromatic nitrogens is 5. The van der Waals surface area contributed by atoms with Crippen LogP contribution in [-0.2, 0) is 73.3 Å². The fraction of sp³-hybridized carbons (Fsp3) is 0.177. The first-order valence-electron chi connectivity index (χ1n) is 40.9. The van der Waals surface area contributed by atoms with Crippen molar-refractivity contribution >= 4 is 161 Å². The van der Waals surface area contributed by atoms with E-state index in [4.69, 9.17) is 56.9 Å². The summed E-state index contributed by atoms with van der Waals surface area (Å²) >= 11 is 25.2. The van der Waals surface area contributed by atoms with E-state index in [9.17, 15) is 75.6 Å². The average molecular weight is 1990 g/mol. The number of nitrogens with one attached hydrogen (secondary N) is 6. The number of nitrogens with zero attached hydrogens (tertiary/aromatic N) is 6. The lowest BCUT2D eigenvalue weighted by molar-refractivity contribution is -0.141. The number of ether oxygens (including phenoxy) is 1. The summed E-state index contributed by atoms with van der Waals surface area (Å²) in [6, 6.07) is 61.6. The van der Waals surface area contributed by atoms with Gasteiger partial charge in [-0.05, 0) is 232 Å². The summed E-state index contributed by atoms with van der Waals surface area (Å²) in [5, 5.41) is 18.3. The summed E-state index contributed by atoms with van der Waals surface area (Å²) in [5.41, 5.74) is 14.9. The van der Waals surface area contributed by atoms with E-state index in [1.807, 2.05) is 42.5 Å². The minimum absolute atomic E-state index is 0.00217. The normalized spacial score (nSPS) is 12.1. The minimum atomic E-state index is -4.69. The number of aryl methyl sites for hydroxylation is 1. The van der Waals surface area contributed by atoms with Gasteiger partial charge in [-0.25, -0.2) is 38.7 Å². The zero-order chi connectivity index (χ0) is 97.7. The standard InChI is InChI=1S/C28H22ClF3N4O4S.C26H28ClN3O4S.C22H20ClN3O4S.C20H18ClN3O3S/c1-16-20(9-11-25(34-16)28(30,31)32)27(38)36-24-13-17(6-7-18(24)15-41(2,39)40)26(37)35-19-8-10-22(29)21(14-19)23-5-3-4-12-33-23;1-35(32,33)18-20-8-7-19(16-25(20)34-15-14-30-12-4-5-13-30)26(31)29-21-9-10-23(27)22(17-21)24-6-2-3-11-28-24;1-14(27)25-21-11-15(6-7-16(21)13-31(2,29)30)22(28)26-17-8-9-19(23)18(12-17)20-5-3-4-10-24-20;1-28(26,27)12-14-6-5-13(10-18(14)22)20(25)24-15-7-8-17(21)16(11-15)19-4-2-3-9-23-19/h3-14H,15H2,1-2H3,(H,35,37)(H,36,38);2-3,6-11,16-17H,4-5,12-15,18H2,1H3,(H,29,31);3-12H,13H2,1-2H3,(H,25,27)(H,26,28);2-11H,12,22H2,1H3,(H,24,25). The Balaban J connectivity index is 0.000000175. The predicted molar refractivity (Wildman–Crippen MR) is 522 cm³/mol. The highest BCUT2D eigenvalue weighted by Gasteiger charge is 2.34. The van der Waals surface area contributed by atoms with Gasteiger partial charge in [-0.3, -0.25) is 53.6 Å². The van der Waals surface area contributed by atoms with E-state index >= 15 is 0 Å². The largest absolute Gasteiger partial charge is 0.492 e. The Morgan fingerprint density at radius 1 is 0.400 bits per heavy atom. The van der Waals surface area contributed by atoms with Gasteiger partial charge in [0.15, 0.2) is 39.3 Å². The van der Waals surface area contributed by atoms with Crippen molar-refractivity contribution in [1.29, 1.82) is 0 Å². The maximum atomic E-state index is 13.1. The van der Waals surface area contributed by atoms with Crippen molar-refractivity contribution in [2.24, 2.45) is 0 Å². The third-order valence-electron chi connectivity index (χ3n) is 19.9. The van der Waals surface area contributed by atoms with Crippen LogP contribution in [0.25, 0.3) is 45.0 Å². The molecule has 8 N–H and O–H groups in total. The summed E-state index contributed by atoms with van der Waals surface area (Å²) in [6.45, 7) is 5.83. The summed E-state index contributed by atoms with van der Waals surface area (Å²) in [5.74, 6) is -3.54. The first kappa shape index (κ1) is 102. The Bertz CT molecular complexity index is 7090. The molecule has 8 aromatic carbocycles. The highest BCUT2D eigenvalue weighted by molar-refractivity contribution is 7.90. The third-order valence-corrected chi connectivity index (χ3v) is 24.5. The topological polar surface area (TPSA) is 414 Å². The number of hydrogen-bond acceptors (Lipinski definition) is 22. The second-order valence-corrected chi connectivity index (χ2v) is 41.3. The van der Waals surface area contributed by atoms with E-state index in [1.54, 1.807) is 158 Å². The smallest absolute Gasteiger partial charge is 0.433 e. The molecule has 0 unspecified atom stereocenters. The van der Waals surface area contributed by atoms with Crippen molar-refractivity contribution in [1.82, 2.24) is 29.8 Å². The van der Waals surface area contributed by atoms with Crippen LogP contribution in [0.4, 0.5) is 53.0 Å². The number of hydrogen-bond donors (Lipinski definition) is 7. The first-order valence-corrected chi connectivity index (χ1v) is 50.7. The number of nitrogen functional groups attached to an aromatic ring is 1. The van der Waals surface area contributed by atoms with Crippen molar-refractivity contribution in [3.8, 4) is 50.8 Å². The maximum Gasteiger partial charge on any atom is 0.433 e. The van der Waals surface area contributed by atoms with Crippen molar-refractivity contribution < 1.29 is 80.3 Å². The van der Waals surface area contributed by atoms with Gasteiger partial charge in [0.25, 0.3) is 29.5 Å². The molecule has 1 aliphatic heterocycles. The average Bonchev–Trinajstić information content (AvgIpc) is 1.02. The van der Waals surface area contributed by atoms with Crippen LogP contribution < -0.4 is 42.4 Å². The molecule has 0 aliphatic carbocycles. The summed E-state index contributed by atoms with van der Waals surface area (Å²) < 4.78 is 139. The van der Waals surface area contributed by atoms with E-state index in [1.165, 1.54) is 75.4 Å². The van der Waals surface area contributed by atoms with Crippen LogP contribution in [0, 0.1) is 6.92 Å². The molecule has 14 rings (SSSR count). The van der Waals surface area contributed by atoms with E-state index < -0.39 is 74.7 Å². The molecule has 0 spiro atoms. The van der Waals surface area contributed by atoms with Gasteiger partial charge < -0.3 is 42.4 Å². The summed E-state index contributed by atoms with van der Waals surface area (Å²) in [7, 11) is -13.4. The molecule has 0 saturated carbocycles.